The summed E-state index contributed by atoms with van der Waals surface area (Å²) in [5.74, 6) is 0. The molecule has 128 valence electrons. The zero-order chi connectivity index (χ0) is 16.8. The van der Waals surface area contributed by atoms with E-state index in [2.05, 4.69) is 34.4 Å². The Hall–Kier alpha value is -2.34. The molecule has 0 spiro atoms. The Kier molecular flexibility index (Phi) is 5.48. The van der Waals surface area contributed by atoms with Gasteiger partial charge in [0.15, 0.2) is 0 Å². The standard InChI is InChI=1S/C18H25N5O/c1-21-7-3-8-23(11-10-21)18(24)20-13-16-4-2-5-17(12-16)14-22-9-6-19-15-22/h2,4-6,9,12,15H,3,7-8,10-11,13-14H2,1H3,(H,20,24). The van der Waals surface area contributed by atoms with E-state index in [0.29, 0.717) is 6.54 Å². The number of hydrogen-bond donors (Lipinski definition) is 1. The molecule has 0 bridgehead atoms. The van der Waals surface area contributed by atoms with E-state index in [-0.39, 0.29) is 6.03 Å². The maximum absolute atomic E-state index is 12.4. The number of aromatic nitrogens is 2. The van der Waals surface area contributed by atoms with Gasteiger partial charge in [0.2, 0.25) is 0 Å². The van der Waals surface area contributed by atoms with Gasteiger partial charge in [0.1, 0.15) is 0 Å². The zero-order valence-electron chi connectivity index (χ0n) is 14.2. The van der Waals surface area contributed by atoms with Crippen LogP contribution in [-0.2, 0) is 13.1 Å². The van der Waals surface area contributed by atoms with Crippen LogP contribution in [0.5, 0.6) is 0 Å². The van der Waals surface area contributed by atoms with E-state index in [9.17, 15) is 4.79 Å². The quantitative estimate of drug-likeness (QED) is 0.931. The summed E-state index contributed by atoms with van der Waals surface area (Å²) >= 11 is 0. The molecule has 0 radical (unpaired) electrons. The molecule has 6 nitrogen and oxygen atoms in total. The molecule has 1 aromatic carbocycles. The highest BCUT2D eigenvalue weighted by molar-refractivity contribution is 5.74. The lowest BCUT2D eigenvalue weighted by Gasteiger charge is -2.21. The smallest absolute Gasteiger partial charge is 0.317 e. The van der Waals surface area contributed by atoms with Crippen LogP contribution in [0, 0.1) is 0 Å². The number of carbonyl (C=O) groups is 1. The molecule has 2 amide bonds. The molecule has 2 heterocycles. The van der Waals surface area contributed by atoms with Gasteiger partial charge in [-0.3, -0.25) is 0 Å². The summed E-state index contributed by atoms with van der Waals surface area (Å²) in [6, 6.07) is 8.35. The van der Waals surface area contributed by atoms with E-state index in [1.807, 2.05) is 34.1 Å². The minimum Gasteiger partial charge on any atom is -0.334 e. The number of carbonyl (C=O) groups excluding carboxylic acids is 1. The highest BCUT2D eigenvalue weighted by Gasteiger charge is 2.16. The second-order valence-electron chi connectivity index (χ2n) is 6.36. The SMILES string of the molecule is CN1CCCN(C(=O)NCc2cccc(Cn3ccnc3)c2)CC1. The summed E-state index contributed by atoms with van der Waals surface area (Å²) < 4.78 is 2.03. The van der Waals surface area contributed by atoms with Crippen molar-refractivity contribution in [1.29, 1.82) is 0 Å². The van der Waals surface area contributed by atoms with Crippen LogP contribution in [0.2, 0.25) is 0 Å². The molecule has 6 heteroatoms. The van der Waals surface area contributed by atoms with Crippen LogP contribution in [0.4, 0.5) is 4.79 Å². The van der Waals surface area contributed by atoms with Crippen molar-refractivity contribution in [3.05, 3.63) is 54.1 Å². The Bertz CT molecular complexity index is 655. The molecule has 1 aromatic heterocycles. The van der Waals surface area contributed by atoms with E-state index in [0.717, 1.165) is 44.7 Å². The Morgan fingerprint density at radius 3 is 2.92 bits per heavy atom. The second kappa shape index (κ2) is 7.97. The molecule has 0 unspecified atom stereocenters. The number of amides is 2. The minimum atomic E-state index is 0.0327. The van der Waals surface area contributed by atoms with Crippen molar-refractivity contribution in [1.82, 2.24) is 24.7 Å². The average Bonchev–Trinajstić information content (AvgIpc) is 2.99. The number of likely N-dealkylation sites (N-methyl/N-ethyl adjacent to an activating group) is 1. The van der Waals surface area contributed by atoms with Crippen LogP contribution in [-0.4, -0.2) is 58.6 Å². The van der Waals surface area contributed by atoms with E-state index >= 15 is 0 Å². The number of rotatable bonds is 4. The molecule has 3 rings (SSSR count). The van der Waals surface area contributed by atoms with Gasteiger partial charge in [-0.1, -0.05) is 24.3 Å². The number of urea groups is 1. The maximum Gasteiger partial charge on any atom is 0.317 e. The minimum absolute atomic E-state index is 0.0327. The Balaban J connectivity index is 1.53. The molecule has 1 N–H and O–H groups in total. The van der Waals surface area contributed by atoms with Crippen LogP contribution in [0.3, 0.4) is 0 Å². The number of hydrogen-bond acceptors (Lipinski definition) is 3. The summed E-state index contributed by atoms with van der Waals surface area (Å²) in [4.78, 5) is 20.6. The monoisotopic (exact) mass is 327 g/mol. The van der Waals surface area contributed by atoms with Gasteiger partial charge in [-0.2, -0.15) is 0 Å². The topological polar surface area (TPSA) is 53.4 Å². The van der Waals surface area contributed by atoms with Gasteiger partial charge in [0.25, 0.3) is 0 Å². The molecular formula is C18H25N5O. The normalized spacial score (nSPS) is 16.0. The van der Waals surface area contributed by atoms with Crippen molar-refractivity contribution in [2.75, 3.05) is 33.2 Å². The van der Waals surface area contributed by atoms with Crippen LogP contribution in [0.1, 0.15) is 17.5 Å². The summed E-state index contributed by atoms with van der Waals surface area (Å²) in [7, 11) is 2.10. The van der Waals surface area contributed by atoms with Crippen LogP contribution >= 0.6 is 0 Å². The molecule has 24 heavy (non-hydrogen) atoms. The van der Waals surface area contributed by atoms with Crippen molar-refractivity contribution in [3.8, 4) is 0 Å². The first kappa shape index (κ1) is 16.5. The number of nitrogens with zero attached hydrogens (tertiary/aromatic N) is 4. The van der Waals surface area contributed by atoms with E-state index in [1.54, 1.807) is 6.20 Å². The molecule has 0 saturated carbocycles. The van der Waals surface area contributed by atoms with Gasteiger partial charge in [0.05, 0.1) is 6.33 Å². The fraction of sp³-hybridized carbons (Fsp3) is 0.444. The molecule has 2 aromatic rings. The lowest BCUT2D eigenvalue weighted by atomic mass is 10.1. The summed E-state index contributed by atoms with van der Waals surface area (Å²) in [5.41, 5.74) is 2.32. The molecule has 0 aliphatic carbocycles. The van der Waals surface area contributed by atoms with E-state index < -0.39 is 0 Å². The second-order valence-corrected chi connectivity index (χ2v) is 6.36. The number of imidazole rings is 1. The Morgan fingerprint density at radius 2 is 2.08 bits per heavy atom. The van der Waals surface area contributed by atoms with Crippen LogP contribution < -0.4 is 5.32 Å². The number of benzene rings is 1. The summed E-state index contributed by atoms with van der Waals surface area (Å²) in [6.45, 7) is 4.97. The molecule has 1 aliphatic rings. The predicted octanol–water partition coefficient (Wildman–Crippen LogP) is 1.78. The van der Waals surface area contributed by atoms with Crippen molar-refractivity contribution >= 4 is 6.03 Å². The molecule has 1 fully saturated rings. The average molecular weight is 327 g/mol. The first-order chi connectivity index (χ1) is 11.7. The highest BCUT2D eigenvalue weighted by Crippen LogP contribution is 2.08. The Morgan fingerprint density at radius 1 is 1.21 bits per heavy atom. The maximum atomic E-state index is 12.4. The van der Waals surface area contributed by atoms with E-state index in [4.69, 9.17) is 0 Å². The lowest BCUT2D eigenvalue weighted by molar-refractivity contribution is 0.199. The van der Waals surface area contributed by atoms with Crippen LogP contribution in [0.15, 0.2) is 43.0 Å². The molecule has 0 atom stereocenters. The Labute approximate surface area is 143 Å². The van der Waals surface area contributed by atoms with Gasteiger partial charge in [-0.05, 0) is 31.1 Å². The summed E-state index contributed by atoms with van der Waals surface area (Å²) in [5, 5.41) is 3.05. The molecule has 1 aliphatic heterocycles. The van der Waals surface area contributed by atoms with Crippen molar-refractivity contribution in [2.45, 2.75) is 19.5 Å². The number of nitrogens with one attached hydrogen (secondary N) is 1. The van der Waals surface area contributed by atoms with Crippen LogP contribution in [0.25, 0.3) is 0 Å². The third-order valence-corrected chi connectivity index (χ3v) is 4.37. The van der Waals surface area contributed by atoms with E-state index in [1.165, 1.54) is 5.56 Å². The molecule has 1 saturated heterocycles. The molecular weight excluding hydrogens is 302 g/mol. The zero-order valence-corrected chi connectivity index (χ0v) is 14.2. The third kappa shape index (κ3) is 4.58. The van der Waals surface area contributed by atoms with Gasteiger partial charge >= 0.3 is 6.03 Å². The lowest BCUT2D eigenvalue weighted by Crippen LogP contribution is -2.41. The van der Waals surface area contributed by atoms with Gasteiger partial charge in [0, 0.05) is 45.1 Å². The van der Waals surface area contributed by atoms with Gasteiger partial charge in [-0.15, -0.1) is 0 Å². The van der Waals surface area contributed by atoms with Crippen molar-refractivity contribution < 1.29 is 4.79 Å². The van der Waals surface area contributed by atoms with Gasteiger partial charge in [-0.25, -0.2) is 9.78 Å². The first-order valence-electron chi connectivity index (χ1n) is 8.45. The van der Waals surface area contributed by atoms with Crippen molar-refractivity contribution in [3.63, 3.8) is 0 Å². The highest BCUT2D eigenvalue weighted by atomic mass is 16.2. The fourth-order valence-corrected chi connectivity index (χ4v) is 2.97. The summed E-state index contributed by atoms with van der Waals surface area (Å²) in [6.07, 6.45) is 6.57. The van der Waals surface area contributed by atoms with Gasteiger partial charge < -0.3 is 19.7 Å². The fourth-order valence-electron chi connectivity index (χ4n) is 2.97. The largest absolute Gasteiger partial charge is 0.334 e. The first-order valence-corrected chi connectivity index (χ1v) is 8.45. The predicted molar refractivity (Wildman–Crippen MR) is 93.7 cm³/mol. The third-order valence-electron chi connectivity index (χ3n) is 4.37. The van der Waals surface area contributed by atoms with Crippen molar-refractivity contribution in [2.24, 2.45) is 0 Å².